The largest absolute Gasteiger partial charge is 0.381 e. The fraction of sp³-hybridized carbons (Fsp3) is 0.565. The number of nitrogens with zero attached hydrogens (tertiary/aromatic N) is 3. The van der Waals surface area contributed by atoms with Crippen LogP contribution in [-0.4, -0.2) is 54.0 Å². The van der Waals surface area contributed by atoms with E-state index in [1.165, 1.54) is 51.4 Å². The summed E-state index contributed by atoms with van der Waals surface area (Å²) < 4.78 is 19.2. The maximum atomic E-state index is 13.7. The molecule has 3 aliphatic rings. The van der Waals surface area contributed by atoms with Crippen LogP contribution in [0.2, 0.25) is 5.02 Å². The molecule has 1 saturated carbocycles. The predicted octanol–water partition coefficient (Wildman–Crippen LogP) is 4.49. The van der Waals surface area contributed by atoms with Gasteiger partial charge in [0.2, 0.25) is 0 Å². The van der Waals surface area contributed by atoms with Gasteiger partial charge in [-0.2, -0.15) is 0 Å². The van der Waals surface area contributed by atoms with Crippen LogP contribution >= 0.6 is 11.6 Å². The highest BCUT2D eigenvalue weighted by Crippen LogP contribution is 2.39. The second-order valence-electron chi connectivity index (χ2n) is 9.01. The molecule has 2 aliphatic heterocycles. The molecule has 2 saturated heterocycles. The molecule has 3 atom stereocenters. The number of halogens is 2. The highest BCUT2D eigenvalue weighted by molar-refractivity contribution is 6.33. The second kappa shape index (κ2) is 8.77. The van der Waals surface area contributed by atoms with Crippen LogP contribution in [0.5, 0.6) is 0 Å². The minimum Gasteiger partial charge on any atom is -0.381 e. The number of hydrogen-bond acceptors (Lipinski definition) is 5. The van der Waals surface area contributed by atoms with Gasteiger partial charge in [0, 0.05) is 44.5 Å². The molecule has 30 heavy (non-hydrogen) atoms. The Labute approximate surface area is 182 Å². The average molecular weight is 431 g/mol. The maximum Gasteiger partial charge on any atom is 0.148 e. The van der Waals surface area contributed by atoms with Crippen molar-refractivity contribution in [2.24, 2.45) is 17.8 Å². The summed E-state index contributed by atoms with van der Waals surface area (Å²) in [5, 5.41) is 12.2. The van der Waals surface area contributed by atoms with Crippen molar-refractivity contribution in [1.29, 1.82) is 0 Å². The van der Waals surface area contributed by atoms with E-state index in [-0.39, 0.29) is 5.02 Å². The van der Waals surface area contributed by atoms with Crippen LogP contribution in [0, 0.1) is 23.6 Å². The number of ether oxygens (including phenoxy) is 1. The number of aromatic nitrogens is 2. The lowest BCUT2D eigenvalue weighted by Crippen LogP contribution is -2.32. The van der Waals surface area contributed by atoms with Crippen molar-refractivity contribution in [3.63, 3.8) is 0 Å². The molecule has 1 aliphatic carbocycles. The molecule has 3 heterocycles. The topological polar surface area (TPSA) is 50.3 Å². The maximum absolute atomic E-state index is 13.7. The standard InChI is InChI=1S/C23H28ClFN4O/c24-23-19(2-1-3-20(23)25)21-4-5-22(28-27-21)26-18-10-16-13-29(14-17(16)11-18)12-15-6-8-30-9-7-15/h1-5,15-18H,6-14H2,(H,26,28)/t16-,17+,18?. The number of likely N-dealkylation sites (tertiary alicyclic amines) is 1. The molecule has 1 aromatic heterocycles. The van der Waals surface area contributed by atoms with E-state index in [2.05, 4.69) is 20.4 Å². The number of rotatable bonds is 5. The monoisotopic (exact) mass is 430 g/mol. The number of nitrogens with one attached hydrogen (secondary N) is 1. The first-order valence-corrected chi connectivity index (χ1v) is 11.4. The van der Waals surface area contributed by atoms with Crippen LogP contribution in [0.3, 0.4) is 0 Å². The third-order valence-corrected chi connectivity index (χ3v) is 7.31. The van der Waals surface area contributed by atoms with Gasteiger partial charge in [-0.3, -0.25) is 0 Å². The van der Waals surface area contributed by atoms with Crippen molar-refractivity contribution in [3.8, 4) is 11.3 Å². The van der Waals surface area contributed by atoms with E-state index in [0.717, 1.165) is 36.8 Å². The normalized spacial score (nSPS) is 27.3. The zero-order valence-corrected chi connectivity index (χ0v) is 17.8. The third kappa shape index (κ3) is 4.32. The number of benzene rings is 1. The summed E-state index contributed by atoms with van der Waals surface area (Å²) in [7, 11) is 0. The molecule has 1 unspecified atom stereocenters. The molecular weight excluding hydrogens is 403 g/mol. The van der Waals surface area contributed by atoms with E-state index in [0.29, 0.717) is 17.3 Å². The van der Waals surface area contributed by atoms with E-state index in [1.54, 1.807) is 12.1 Å². The molecule has 0 radical (unpaired) electrons. The Morgan fingerprint density at radius 2 is 1.83 bits per heavy atom. The van der Waals surface area contributed by atoms with Crippen molar-refractivity contribution >= 4 is 17.4 Å². The smallest absolute Gasteiger partial charge is 0.148 e. The van der Waals surface area contributed by atoms with Crippen LogP contribution in [0.1, 0.15) is 25.7 Å². The summed E-state index contributed by atoms with van der Waals surface area (Å²) in [6.45, 7) is 5.56. The summed E-state index contributed by atoms with van der Waals surface area (Å²) in [6.07, 6.45) is 4.80. The zero-order chi connectivity index (χ0) is 20.5. The van der Waals surface area contributed by atoms with Gasteiger partial charge < -0.3 is 15.0 Å². The van der Waals surface area contributed by atoms with E-state index >= 15 is 0 Å². The molecule has 5 nitrogen and oxygen atoms in total. The first-order valence-electron chi connectivity index (χ1n) is 11.0. The molecule has 2 aromatic rings. The predicted molar refractivity (Wildman–Crippen MR) is 116 cm³/mol. The Morgan fingerprint density at radius 3 is 2.53 bits per heavy atom. The van der Waals surface area contributed by atoms with Gasteiger partial charge in [0.05, 0.1) is 10.7 Å². The SMILES string of the molecule is Fc1cccc(-c2ccc(NC3C[C@@H]4CN(CC5CCOCC5)C[C@@H]4C3)nn2)c1Cl. The summed E-state index contributed by atoms with van der Waals surface area (Å²) in [4.78, 5) is 2.68. The minimum atomic E-state index is -0.443. The molecule has 5 rings (SSSR count). The fourth-order valence-electron chi connectivity index (χ4n) is 5.42. The van der Waals surface area contributed by atoms with Crippen LogP contribution in [0.4, 0.5) is 10.2 Å². The van der Waals surface area contributed by atoms with E-state index < -0.39 is 5.82 Å². The molecule has 0 amide bonds. The van der Waals surface area contributed by atoms with Crippen molar-refractivity contribution < 1.29 is 9.13 Å². The van der Waals surface area contributed by atoms with E-state index in [4.69, 9.17) is 16.3 Å². The highest BCUT2D eigenvalue weighted by Gasteiger charge is 2.41. The highest BCUT2D eigenvalue weighted by atomic mass is 35.5. The summed E-state index contributed by atoms with van der Waals surface area (Å²) in [5.74, 6) is 2.70. The lowest BCUT2D eigenvalue weighted by atomic mass is 10.00. The molecule has 0 spiro atoms. The second-order valence-corrected chi connectivity index (χ2v) is 9.39. The number of anilines is 1. The zero-order valence-electron chi connectivity index (χ0n) is 17.1. The van der Waals surface area contributed by atoms with Crippen LogP contribution < -0.4 is 5.32 Å². The van der Waals surface area contributed by atoms with Gasteiger partial charge in [0.25, 0.3) is 0 Å². The van der Waals surface area contributed by atoms with Crippen molar-refractivity contribution in [2.45, 2.75) is 31.7 Å². The summed E-state index contributed by atoms with van der Waals surface area (Å²) >= 11 is 6.06. The fourth-order valence-corrected chi connectivity index (χ4v) is 5.64. The molecule has 7 heteroatoms. The number of fused-ring (bicyclic) bond motifs is 1. The lowest BCUT2D eigenvalue weighted by Gasteiger charge is -2.27. The van der Waals surface area contributed by atoms with E-state index in [1.807, 2.05) is 12.1 Å². The van der Waals surface area contributed by atoms with Gasteiger partial charge in [-0.05, 0) is 61.6 Å². The first kappa shape index (κ1) is 20.2. The average Bonchev–Trinajstić information content (AvgIpc) is 3.29. The summed E-state index contributed by atoms with van der Waals surface area (Å²) in [5.41, 5.74) is 1.15. The Kier molecular flexibility index (Phi) is 5.89. The first-order chi connectivity index (χ1) is 14.7. The van der Waals surface area contributed by atoms with Crippen molar-refractivity contribution in [3.05, 3.63) is 41.2 Å². The van der Waals surface area contributed by atoms with Crippen molar-refractivity contribution in [1.82, 2.24) is 15.1 Å². The van der Waals surface area contributed by atoms with Crippen molar-refractivity contribution in [2.75, 3.05) is 38.2 Å². The third-order valence-electron chi connectivity index (χ3n) is 6.93. The van der Waals surface area contributed by atoms with Gasteiger partial charge >= 0.3 is 0 Å². The Hall–Kier alpha value is -1.76. The van der Waals surface area contributed by atoms with Gasteiger partial charge in [-0.25, -0.2) is 4.39 Å². The summed E-state index contributed by atoms with van der Waals surface area (Å²) in [6, 6.07) is 8.94. The van der Waals surface area contributed by atoms with Crippen LogP contribution in [0.15, 0.2) is 30.3 Å². The minimum absolute atomic E-state index is 0.0847. The Morgan fingerprint density at radius 1 is 1.07 bits per heavy atom. The molecule has 3 fully saturated rings. The van der Waals surface area contributed by atoms with Gasteiger partial charge in [-0.15, -0.1) is 10.2 Å². The molecular formula is C23H28ClFN4O. The molecule has 160 valence electrons. The lowest BCUT2D eigenvalue weighted by molar-refractivity contribution is 0.0545. The molecule has 1 aromatic carbocycles. The van der Waals surface area contributed by atoms with Gasteiger partial charge in [-0.1, -0.05) is 23.7 Å². The van der Waals surface area contributed by atoms with Crippen LogP contribution in [0.25, 0.3) is 11.3 Å². The van der Waals surface area contributed by atoms with Crippen LogP contribution in [-0.2, 0) is 4.74 Å². The molecule has 0 bridgehead atoms. The number of hydrogen-bond donors (Lipinski definition) is 1. The Bertz CT molecular complexity index is 860. The van der Waals surface area contributed by atoms with Gasteiger partial charge in [0.15, 0.2) is 0 Å². The van der Waals surface area contributed by atoms with Gasteiger partial charge in [0.1, 0.15) is 11.6 Å². The quantitative estimate of drug-likeness (QED) is 0.757. The molecule has 1 N–H and O–H groups in total. The Balaban J connectivity index is 1.14. The van der Waals surface area contributed by atoms with E-state index in [9.17, 15) is 4.39 Å².